The minimum Gasteiger partial charge on any atom is -0.481 e. The van der Waals surface area contributed by atoms with Gasteiger partial charge < -0.3 is 9.84 Å². The van der Waals surface area contributed by atoms with Crippen molar-refractivity contribution in [2.24, 2.45) is 0 Å². The maximum absolute atomic E-state index is 11.2. The van der Waals surface area contributed by atoms with Crippen LogP contribution in [0.1, 0.15) is 135 Å². The van der Waals surface area contributed by atoms with Gasteiger partial charge in [0.25, 0.3) is 0 Å². The highest BCUT2D eigenvalue weighted by Gasteiger charge is 2.00. The van der Waals surface area contributed by atoms with Crippen LogP contribution < -0.4 is 0 Å². The van der Waals surface area contributed by atoms with Crippen molar-refractivity contribution in [2.45, 2.75) is 135 Å². The molecule has 0 aliphatic carbocycles. The first-order valence-electron chi connectivity index (χ1n) is 12.0. The Bertz CT molecular complexity index is 355. The number of hydrogen-bond donors (Lipinski definition) is 1. The van der Waals surface area contributed by atoms with Crippen molar-refractivity contribution < 1.29 is 19.4 Å². The molecular formula is C24H46O4. The summed E-state index contributed by atoms with van der Waals surface area (Å²) in [6.07, 6.45) is 23.6. The predicted octanol–water partition coefficient (Wildman–Crippen LogP) is 7.44. The fraction of sp³-hybridized carbons (Fsp3) is 0.917. The van der Waals surface area contributed by atoms with Gasteiger partial charge in [-0.15, -0.1) is 0 Å². The minimum absolute atomic E-state index is 0.0458. The van der Waals surface area contributed by atoms with Gasteiger partial charge in [0.1, 0.15) is 0 Å². The second-order valence-corrected chi connectivity index (χ2v) is 8.06. The topological polar surface area (TPSA) is 63.6 Å². The molecule has 166 valence electrons. The van der Waals surface area contributed by atoms with Crippen LogP contribution in [0.15, 0.2) is 0 Å². The Morgan fingerprint density at radius 1 is 0.536 bits per heavy atom. The molecule has 4 heteroatoms. The van der Waals surface area contributed by atoms with E-state index in [0.717, 1.165) is 25.7 Å². The van der Waals surface area contributed by atoms with E-state index in [4.69, 9.17) is 9.84 Å². The largest absolute Gasteiger partial charge is 0.481 e. The molecule has 0 unspecified atom stereocenters. The average Bonchev–Trinajstić information content (AvgIpc) is 2.66. The number of ether oxygens (including phenoxy) is 1. The Labute approximate surface area is 173 Å². The highest BCUT2D eigenvalue weighted by molar-refractivity contribution is 5.69. The summed E-state index contributed by atoms with van der Waals surface area (Å²) in [5, 5.41) is 8.57. The molecule has 0 heterocycles. The molecule has 0 aromatic carbocycles. The Hall–Kier alpha value is -1.06. The van der Waals surface area contributed by atoms with Gasteiger partial charge in [-0.25, -0.2) is 0 Å². The van der Waals surface area contributed by atoms with Gasteiger partial charge in [0.15, 0.2) is 0 Å². The van der Waals surface area contributed by atoms with E-state index in [-0.39, 0.29) is 5.97 Å². The molecule has 0 saturated heterocycles. The van der Waals surface area contributed by atoms with Crippen molar-refractivity contribution in [3.05, 3.63) is 0 Å². The molecule has 0 atom stereocenters. The van der Waals surface area contributed by atoms with Gasteiger partial charge in [0.2, 0.25) is 0 Å². The Morgan fingerprint density at radius 3 is 1.11 bits per heavy atom. The fourth-order valence-electron chi connectivity index (χ4n) is 3.61. The number of aliphatic carboxylic acids is 1. The van der Waals surface area contributed by atoms with Crippen LogP contribution >= 0.6 is 0 Å². The zero-order valence-electron chi connectivity index (χ0n) is 18.5. The van der Waals surface area contributed by atoms with Crippen molar-refractivity contribution in [2.75, 3.05) is 6.61 Å². The molecule has 0 amide bonds. The molecule has 1 N–H and O–H groups in total. The van der Waals surface area contributed by atoms with Gasteiger partial charge in [0, 0.05) is 12.8 Å². The molecule has 0 rings (SSSR count). The summed E-state index contributed by atoms with van der Waals surface area (Å²) in [5.74, 6) is -0.710. The first-order valence-corrected chi connectivity index (χ1v) is 12.0. The normalized spacial score (nSPS) is 10.9. The lowest BCUT2D eigenvalue weighted by molar-refractivity contribution is -0.143. The number of hydrogen-bond acceptors (Lipinski definition) is 3. The van der Waals surface area contributed by atoms with Gasteiger partial charge in [-0.05, 0) is 19.8 Å². The van der Waals surface area contributed by atoms with Crippen molar-refractivity contribution >= 4 is 11.9 Å². The summed E-state index contributed by atoms with van der Waals surface area (Å²) in [6.45, 7) is 2.35. The molecule has 4 nitrogen and oxygen atoms in total. The lowest BCUT2D eigenvalue weighted by Crippen LogP contribution is -2.03. The highest BCUT2D eigenvalue weighted by Crippen LogP contribution is 2.14. The third-order valence-electron chi connectivity index (χ3n) is 5.33. The maximum atomic E-state index is 11.2. The van der Waals surface area contributed by atoms with Crippen LogP contribution in [0.4, 0.5) is 0 Å². The molecule has 28 heavy (non-hydrogen) atoms. The van der Waals surface area contributed by atoms with Crippen molar-refractivity contribution in [3.63, 3.8) is 0 Å². The first-order chi connectivity index (χ1) is 13.7. The van der Waals surface area contributed by atoms with Gasteiger partial charge >= 0.3 is 11.9 Å². The Morgan fingerprint density at radius 2 is 0.821 bits per heavy atom. The molecule has 0 aliphatic heterocycles. The second-order valence-electron chi connectivity index (χ2n) is 8.06. The number of carbonyl (C=O) groups is 2. The smallest absolute Gasteiger partial charge is 0.305 e. The zero-order valence-corrected chi connectivity index (χ0v) is 18.5. The molecule has 0 fully saturated rings. The molecule has 0 saturated carbocycles. The van der Waals surface area contributed by atoms with Crippen LogP contribution in [0.5, 0.6) is 0 Å². The summed E-state index contributed by atoms with van der Waals surface area (Å²) in [7, 11) is 0. The third-order valence-corrected chi connectivity index (χ3v) is 5.33. The molecule has 0 bridgehead atoms. The highest BCUT2D eigenvalue weighted by atomic mass is 16.5. The number of carboxylic acid groups (broad SMARTS) is 1. The summed E-state index contributed by atoms with van der Waals surface area (Å²) >= 11 is 0. The van der Waals surface area contributed by atoms with E-state index in [2.05, 4.69) is 0 Å². The van der Waals surface area contributed by atoms with E-state index >= 15 is 0 Å². The van der Waals surface area contributed by atoms with E-state index in [0.29, 0.717) is 19.4 Å². The fourth-order valence-corrected chi connectivity index (χ4v) is 3.61. The van der Waals surface area contributed by atoms with E-state index in [1.807, 2.05) is 6.92 Å². The molecule has 0 spiro atoms. The lowest BCUT2D eigenvalue weighted by atomic mass is 10.0. The van der Waals surface area contributed by atoms with E-state index in [1.54, 1.807) is 0 Å². The Kier molecular flexibility index (Phi) is 21.4. The van der Waals surface area contributed by atoms with E-state index < -0.39 is 5.97 Å². The average molecular weight is 399 g/mol. The summed E-state index contributed by atoms with van der Waals surface area (Å²) < 4.78 is 4.93. The van der Waals surface area contributed by atoms with Crippen molar-refractivity contribution in [3.8, 4) is 0 Å². The SMILES string of the molecule is CCOC(=O)CCCCCCCCCCCCCCCCCCCCC(=O)O. The van der Waals surface area contributed by atoms with Crippen LogP contribution in [-0.4, -0.2) is 23.7 Å². The van der Waals surface area contributed by atoms with Crippen molar-refractivity contribution in [1.82, 2.24) is 0 Å². The number of carboxylic acids is 1. The minimum atomic E-state index is -0.664. The molecule has 0 aliphatic rings. The molecular weight excluding hydrogens is 352 g/mol. The van der Waals surface area contributed by atoms with Gasteiger partial charge in [-0.1, -0.05) is 103 Å². The first kappa shape index (κ1) is 26.9. The second kappa shape index (κ2) is 22.2. The predicted molar refractivity (Wildman–Crippen MR) is 117 cm³/mol. The number of rotatable bonds is 22. The third kappa shape index (κ3) is 23.0. The Balaban J connectivity index is 3.05. The summed E-state index contributed by atoms with van der Waals surface area (Å²) in [6, 6.07) is 0. The molecule has 0 radical (unpaired) electrons. The van der Waals surface area contributed by atoms with Gasteiger partial charge in [-0.2, -0.15) is 0 Å². The van der Waals surface area contributed by atoms with Crippen LogP contribution in [0.2, 0.25) is 0 Å². The van der Waals surface area contributed by atoms with Crippen LogP contribution in [-0.2, 0) is 14.3 Å². The summed E-state index contributed by atoms with van der Waals surface area (Å²) in [5.41, 5.74) is 0. The van der Waals surface area contributed by atoms with E-state index in [9.17, 15) is 9.59 Å². The summed E-state index contributed by atoms with van der Waals surface area (Å²) in [4.78, 5) is 21.6. The zero-order chi connectivity index (χ0) is 20.7. The maximum Gasteiger partial charge on any atom is 0.305 e. The lowest BCUT2D eigenvalue weighted by Gasteiger charge is -2.04. The number of carbonyl (C=O) groups excluding carboxylic acids is 1. The van der Waals surface area contributed by atoms with Gasteiger partial charge in [-0.3, -0.25) is 9.59 Å². The van der Waals surface area contributed by atoms with Crippen LogP contribution in [0.25, 0.3) is 0 Å². The van der Waals surface area contributed by atoms with Crippen LogP contribution in [0.3, 0.4) is 0 Å². The quantitative estimate of drug-likeness (QED) is 0.152. The van der Waals surface area contributed by atoms with Crippen molar-refractivity contribution in [1.29, 1.82) is 0 Å². The number of esters is 1. The number of unbranched alkanes of at least 4 members (excludes halogenated alkanes) is 17. The monoisotopic (exact) mass is 398 g/mol. The standard InChI is InChI=1S/C24H46O4/c1-2-28-24(27)22-20-18-16-14-12-10-8-6-4-3-5-7-9-11-13-15-17-19-21-23(25)26/h2-22H2,1H3,(H,25,26). The molecule has 0 aromatic heterocycles. The van der Waals surface area contributed by atoms with E-state index in [1.165, 1.54) is 89.9 Å². The molecule has 0 aromatic rings. The van der Waals surface area contributed by atoms with Crippen LogP contribution in [0, 0.1) is 0 Å². The van der Waals surface area contributed by atoms with Gasteiger partial charge in [0.05, 0.1) is 6.61 Å².